The number of carboxylic acid groups (broad SMARTS) is 1. The Morgan fingerprint density at radius 3 is 2.41 bits per heavy atom. The van der Waals surface area contributed by atoms with Crippen molar-refractivity contribution >= 4 is 50.4 Å². The van der Waals surface area contributed by atoms with Crippen LogP contribution in [0.4, 0.5) is 9.41 Å². The number of pyridine rings is 1. The van der Waals surface area contributed by atoms with Crippen molar-refractivity contribution < 1.29 is 34.3 Å². The molecule has 1 atom stereocenters. The van der Waals surface area contributed by atoms with Crippen LogP contribution in [0.3, 0.4) is 0 Å². The summed E-state index contributed by atoms with van der Waals surface area (Å²) in [7, 11) is 2.19. The van der Waals surface area contributed by atoms with Crippen molar-refractivity contribution in [2.75, 3.05) is 20.1 Å². The first kappa shape index (κ1) is 40.7. The monoisotopic (exact) mass is 780 g/mol. The molecule has 7 rings (SSSR count). The maximum Gasteiger partial charge on any atom is 0.347 e. The SMILES string of the molecule is CN(CCCn1ccc2cc(CNC[C@H](O)c3ccc(O)c4[nH]c(=O)ccc34)ccc21)[C@H]1CC[C@H](OC(C(=O)O)(c2cccs2)c2cccs2)CC1.F.F. The Hall–Kier alpha value is -4.44. The number of carbonyl (C=O) groups is 1. The molecule has 54 heavy (non-hydrogen) atoms. The molecule has 0 saturated heterocycles. The lowest BCUT2D eigenvalue weighted by Crippen LogP contribution is -2.44. The van der Waals surface area contributed by atoms with Crippen LogP contribution in [0, 0.1) is 0 Å². The number of carboxylic acids is 1. The summed E-state index contributed by atoms with van der Waals surface area (Å²) < 4.78 is 8.88. The summed E-state index contributed by atoms with van der Waals surface area (Å²) in [5.74, 6) is -0.987. The molecule has 0 amide bonds. The fourth-order valence-electron chi connectivity index (χ4n) is 7.55. The third-order valence-electron chi connectivity index (χ3n) is 10.3. The number of phenols is 1. The molecular formula is C40H46F2N4O6S2. The number of benzene rings is 2. The zero-order chi connectivity index (χ0) is 36.2. The van der Waals surface area contributed by atoms with Gasteiger partial charge in [0.15, 0.2) is 0 Å². The molecule has 1 saturated carbocycles. The van der Waals surface area contributed by atoms with Gasteiger partial charge in [0.2, 0.25) is 11.2 Å². The molecule has 1 aliphatic rings. The van der Waals surface area contributed by atoms with E-state index in [0.29, 0.717) is 45.4 Å². The van der Waals surface area contributed by atoms with Crippen LogP contribution >= 0.6 is 22.7 Å². The maximum atomic E-state index is 12.8. The van der Waals surface area contributed by atoms with Crippen molar-refractivity contribution in [3.63, 3.8) is 0 Å². The molecule has 288 valence electrons. The third kappa shape index (κ3) is 8.43. The van der Waals surface area contributed by atoms with Crippen molar-refractivity contribution in [2.24, 2.45) is 0 Å². The van der Waals surface area contributed by atoms with Crippen molar-refractivity contribution in [1.29, 1.82) is 0 Å². The topological polar surface area (TPSA) is 140 Å². The van der Waals surface area contributed by atoms with Gasteiger partial charge in [-0.25, -0.2) is 4.79 Å². The number of nitrogens with one attached hydrogen (secondary N) is 2. The normalized spacial score (nSPS) is 16.6. The summed E-state index contributed by atoms with van der Waals surface area (Å²) in [4.78, 5) is 31.0. The highest BCUT2D eigenvalue weighted by Gasteiger charge is 2.48. The lowest BCUT2D eigenvalue weighted by Gasteiger charge is -2.38. The summed E-state index contributed by atoms with van der Waals surface area (Å²) in [6.07, 6.45) is 5.82. The molecule has 0 spiro atoms. The number of ether oxygens (including phenoxy) is 1. The molecule has 1 aliphatic carbocycles. The first-order valence-corrected chi connectivity index (χ1v) is 19.5. The minimum atomic E-state index is -1.46. The van der Waals surface area contributed by atoms with E-state index in [9.17, 15) is 24.9 Å². The predicted molar refractivity (Wildman–Crippen MR) is 211 cm³/mol. The largest absolute Gasteiger partial charge is 0.506 e. The van der Waals surface area contributed by atoms with Gasteiger partial charge < -0.3 is 39.8 Å². The van der Waals surface area contributed by atoms with Crippen LogP contribution in [-0.4, -0.2) is 68.0 Å². The number of rotatable bonds is 15. The van der Waals surface area contributed by atoms with Gasteiger partial charge in [-0.15, -0.1) is 22.7 Å². The quantitative estimate of drug-likeness (QED) is 0.0743. The smallest absolute Gasteiger partial charge is 0.347 e. The number of halogens is 2. The Kier molecular flexibility index (Phi) is 13.4. The van der Waals surface area contributed by atoms with E-state index in [4.69, 9.17) is 4.74 Å². The second-order valence-corrected chi connectivity index (χ2v) is 15.6. The predicted octanol–water partition coefficient (Wildman–Crippen LogP) is 7.12. The summed E-state index contributed by atoms with van der Waals surface area (Å²) >= 11 is 2.86. The second-order valence-electron chi connectivity index (χ2n) is 13.7. The van der Waals surface area contributed by atoms with Gasteiger partial charge in [-0.1, -0.05) is 24.3 Å². The number of hydrogen-bond acceptors (Lipinski definition) is 9. The molecule has 0 unspecified atom stereocenters. The van der Waals surface area contributed by atoms with Crippen molar-refractivity contribution in [2.45, 2.75) is 69.0 Å². The number of aliphatic hydroxyl groups excluding tert-OH is 1. The van der Waals surface area contributed by atoms with E-state index in [0.717, 1.165) is 50.8 Å². The summed E-state index contributed by atoms with van der Waals surface area (Å²) in [5.41, 5.74) is 1.49. The van der Waals surface area contributed by atoms with Gasteiger partial charge in [0.1, 0.15) is 5.75 Å². The van der Waals surface area contributed by atoms with Crippen LogP contribution in [0.2, 0.25) is 0 Å². The maximum absolute atomic E-state index is 12.8. The number of aliphatic carboxylic acids is 1. The fraction of sp³-hybridized carbons (Fsp3) is 0.350. The minimum absolute atomic E-state index is 0. The van der Waals surface area contributed by atoms with Gasteiger partial charge in [-0.2, -0.15) is 0 Å². The van der Waals surface area contributed by atoms with E-state index in [1.807, 2.05) is 35.0 Å². The Morgan fingerprint density at radius 2 is 1.74 bits per heavy atom. The average molecular weight is 781 g/mol. The van der Waals surface area contributed by atoms with Crippen LogP contribution in [0.5, 0.6) is 5.75 Å². The molecule has 10 nitrogen and oxygen atoms in total. The molecule has 1 fully saturated rings. The van der Waals surface area contributed by atoms with Crippen LogP contribution in [-0.2, 0) is 28.2 Å². The molecule has 0 bridgehead atoms. The van der Waals surface area contributed by atoms with E-state index in [1.54, 1.807) is 12.1 Å². The highest BCUT2D eigenvalue weighted by Crippen LogP contribution is 2.42. The van der Waals surface area contributed by atoms with Crippen molar-refractivity contribution in [3.8, 4) is 5.75 Å². The average Bonchev–Trinajstić information content (AvgIpc) is 3.95. The molecule has 0 radical (unpaired) electrons. The number of aryl methyl sites for hydroxylation is 1. The number of aliphatic hydroxyl groups is 1. The zero-order valence-corrected chi connectivity index (χ0v) is 31.5. The second kappa shape index (κ2) is 17.8. The number of aromatic nitrogens is 2. The number of hydrogen-bond donors (Lipinski definition) is 5. The van der Waals surface area contributed by atoms with E-state index in [2.05, 4.69) is 57.3 Å². The van der Waals surface area contributed by atoms with Gasteiger partial charge in [0, 0.05) is 48.8 Å². The van der Waals surface area contributed by atoms with Crippen molar-refractivity contribution in [3.05, 3.63) is 121 Å². The van der Waals surface area contributed by atoms with Gasteiger partial charge in [0.25, 0.3) is 0 Å². The summed E-state index contributed by atoms with van der Waals surface area (Å²) in [6.45, 7) is 2.77. The fourth-order valence-corrected chi connectivity index (χ4v) is 9.36. The number of phenolic OH excluding ortho intramolecular Hbond substituents is 1. The molecule has 5 N–H and O–H groups in total. The highest BCUT2D eigenvalue weighted by molar-refractivity contribution is 7.12. The molecule has 14 heteroatoms. The van der Waals surface area contributed by atoms with E-state index < -0.39 is 17.7 Å². The highest BCUT2D eigenvalue weighted by atomic mass is 32.1. The lowest BCUT2D eigenvalue weighted by atomic mass is 9.90. The Morgan fingerprint density at radius 1 is 1.02 bits per heavy atom. The minimum Gasteiger partial charge on any atom is -0.506 e. The Balaban J connectivity index is 0.00000280. The Bertz CT molecular complexity index is 2150. The number of H-pyrrole nitrogens is 1. The molecule has 0 aliphatic heterocycles. The van der Waals surface area contributed by atoms with Gasteiger partial charge in [0.05, 0.1) is 27.5 Å². The number of thiophene rings is 2. The van der Waals surface area contributed by atoms with Gasteiger partial charge in [-0.05, 0) is 115 Å². The lowest BCUT2D eigenvalue weighted by molar-refractivity contribution is -0.170. The Labute approximate surface area is 319 Å². The first-order valence-electron chi connectivity index (χ1n) is 17.7. The summed E-state index contributed by atoms with van der Waals surface area (Å²) in [5, 5.41) is 40.5. The van der Waals surface area contributed by atoms with Crippen LogP contribution in [0.25, 0.3) is 21.8 Å². The van der Waals surface area contributed by atoms with E-state index >= 15 is 0 Å². The van der Waals surface area contributed by atoms with Crippen LogP contribution in [0.1, 0.15) is 59.1 Å². The number of aromatic hydroxyl groups is 1. The number of fused-ring (bicyclic) bond motifs is 2. The van der Waals surface area contributed by atoms with Crippen LogP contribution < -0.4 is 10.9 Å². The third-order valence-corrected chi connectivity index (χ3v) is 12.3. The molecular weight excluding hydrogens is 735 g/mol. The van der Waals surface area contributed by atoms with Crippen molar-refractivity contribution in [1.82, 2.24) is 19.8 Å². The molecule has 6 aromatic rings. The number of nitrogens with zero attached hydrogens (tertiary/aromatic N) is 2. The van der Waals surface area contributed by atoms with E-state index in [-0.39, 0.29) is 26.8 Å². The number of aromatic amines is 1. The first-order chi connectivity index (χ1) is 25.2. The van der Waals surface area contributed by atoms with E-state index in [1.165, 1.54) is 45.7 Å². The molecule has 4 heterocycles. The zero-order valence-electron chi connectivity index (χ0n) is 29.9. The molecule has 4 aromatic heterocycles. The molecule has 2 aromatic carbocycles. The summed E-state index contributed by atoms with van der Waals surface area (Å²) in [6, 6.07) is 22.7. The standard InChI is InChI=1S/C40H44N4O6S2.2FH/c1-43(28-8-10-29(11-9-28)50-40(39(48)49,35-5-2-21-51-35)36-6-3-22-52-36)18-4-19-44-20-17-27-23-26(7-14-32(27)44)24-41-25-34(46)30-12-15-33(45)38-31(30)13-16-37(47)42-38;;/h2-3,5-7,12-17,20-23,28-29,34,41,45-46H,4,8-11,18-19,24-25H2,1H3,(H,42,47)(H,48,49);2*1H/t28-,29-,34-;;/m0../s1. The van der Waals surface area contributed by atoms with Gasteiger partial charge in [-0.3, -0.25) is 14.2 Å². The van der Waals surface area contributed by atoms with Crippen LogP contribution in [0.15, 0.2) is 94.5 Å². The van der Waals surface area contributed by atoms with Gasteiger partial charge >= 0.3 is 5.97 Å².